The van der Waals surface area contributed by atoms with Crippen LogP contribution in [0.4, 0.5) is 5.69 Å². The van der Waals surface area contributed by atoms with Crippen LogP contribution >= 0.6 is 11.6 Å². The van der Waals surface area contributed by atoms with Gasteiger partial charge in [0, 0.05) is 29.2 Å². The second-order valence-corrected chi connectivity index (χ2v) is 6.01. The molecule has 1 aromatic rings. The summed E-state index contributed by atoms with van der Waals surface area (Å²) in [6, 6.07) is 5.99. The van der Waals surface area contributed by atoms with Gasteiger partial charge in [0.1, 0.15) is 0 Å². The molecule has 3 nitrogen and oxygen atoms in total. The molecular weight excluding hydrogens is 260 g/mol. The van der Waals surface area contributed by atoms with E-state index in [4.69, 9.17) is 17.3 Å². The standard InChI is InChI=1S/C15H19ClN2O/c16-13-5-2-6-14-12(13)7-8-18(14)15(19)10-3-1-4-11(17)9-10/h2,5-6,10-11H,1,3-4,7-9,17H2. The average Bonchev–Trinajstić information content (AvgIpc) is 2.83. The highest BCUT2D eigenvalue weighted by Crippen LogP contribution is 2.35. The monoisotopic (exact) mass is 278 g/mol. The molecule has 1 aromatic carbocycles. The van der Waals surface area contributed by atoms with Crippen LogP contribution in [0.15, 0.2) is 18.2 Å². The van der Waals surface area contributed by atoms with Crippen LogP contribution in [0, 0.1) is 5.92 Å². The Morgan fingerprint density at radius 1 is 1.37 bits per heavy atom. The van der Waals surface area contributed by atoms with Gasteiger partial charge in [0.2, 0.25) is 5.91 Å². The molecule has 0 spiro atoms. The van der Waals surface area contributed by atoms with E-state index in [9.17, 15) is 4.79 Å². The van der Waals surface area contributed by atoms with Gasteiger partial charge in [-0.3, -0.25) is 4.79 Å². The highest BCUT2D eigenvalue weighted by molar-refractivity contribution is 6.32. The van der Waals surface area contributed by atoms with Crippen molar-refractivity contribution in [3.05, 3.63) is 28.8 Å². The van der Waals surface area contributed by atoms with E-state index in [1.54, 1.807) is 0 Å². The Kier molecular flexibility index (Phi) is 3.50. The second-order valence-electron chi connectivity index (χ2n) is 5.60. The first-order valence-electron chi connectivity index (χ1n) is 7.01. The molecule has 1 amide bonds. The molecule has 1 heterocycles. The lowest BCUT2D eigenvalue weighted by atomic mass is 9.85. The Morgan fingerprint density at radius 2 is 2.21 bits per heavy atom. The SMILES string of the molecule is NC1CCCC(C(=O)N2CCc3c(Cl)cccc32)C1. The number of carbonyl (C=O) groups is 1. The first-order chi connectivity index (χ1) is 9.16. The zero-order chi connectivity index (χ0) is 13.4. The zero-order valence-corrected chi connectivity index (χ0v) is 11.7. The molecule has 0 aromatic heterocycles. The zero-order valence-electron chi connectivity index (χ0n) is 10.9. The number of nitrogens with two attached hydrogens (primary N) is 1. The Hall–Kier alpha value is -1.06. The largest absolute Gasteiger partial charge is 0.328 e. The molecule has 1 aliphatic heterocycles. The maximum absolute atomic E-state index is 12.6. The van der Waals surface area contributed by atoms with Crippen molar-refractivity contribution in [2.45, 2.75) is 38.1 Å². The van der Waals surface area contributed by atoms with Gasteiger partial charge in [-0.05, 0) is 43.4 Å². The van der Waals surface area contributed by atoms with Crippen molar-refractivity contribution in [1.82, 2.24) is 0 Å². The van der Waals surface area contributed by atoms with Crippen molar-refractivity contribution in [3.8, 4) is 0 Å². The normalized spacial score (nSPS) is 26.3. The Morgan fingerprint density at radius 3 is 3.00 bits per heavy atom. The van der Waals surface area contributed by atoms with E-state index in [-0.39, 0.29) is 17.9 Å². The smallest absolute Gasteiger partial charge is 0.230 e. The topological polar surface area (TPSA) is 46.3 Å². The van der Waals surface area contributed by atoms with Crippen molar-refractivity contribution in [3.63, 3.8) is 0 Å². The number of amides is 1. The van der Waals surface area contributed by atoms with Gasteiger partial charge in [-0.1, -0.05) is 24.1 Å². The van der Waals surface area contributed by atoms with Gasteiger partial charge in [-0.2, -0.15) is 0 Å². The summed E-state index contributed by atoms with van der Waals surface area (Å²) < 4.78 is 0. The molecule has 19 heavy (non-hydrogen) atoms. The van der Waals surface area contributed by atoms with Crippen molar-refractivity contribution < 1.29 is 4.79 Å². The number of hydrogen-bond acceptors (Lipinski definition) is 2. The van der Waals surface area contributed by atoms with Gasteiger partial charge < -0.3 is 10.6 Å². The maximum Gasteiger partial charge on any atom is 0.230 e. The predicted molar refractivity (Wildman–Crippen MR) is 77.4 cm³/mol. The van der Waals surface area contributed by atoms with Crippen molar-refractivity contribution in [2.24, 2.45) is 11.7 Å². The maximum atomic E-state index is 12.6. The lowest BCUT2D eigenvalue weighted by molar-refractivity contribution is -0.123. The second kappa shape index (κ2) is 5.14. The van der Waals surface area contributed by atoms with E-state index in [0.29, 0.717) is 0 Å². The summed E-state index contributed by atoms with van der Waals surface area (Å²) in [6.45, 7) is 0.754. The highest BCUT2D eigenvalue weighted by atomic mass is 35.5. The van der Waals surface area contributed by atoms with Crippen LogP contribution in [0.3, 0.4) is 0 Å². The molecule has 0 bridgehead atoms. The van der Waals surface area contributed by atoms with Gasteiger partial charge >= 0.3 is 0 Å². The molecule has 2 atom stereocenters. The molecule has 4 heteroatoms. The van der Waals surface area contributed by atoms with Crippen LogP contribution in [0.2, 0.25) is 5.02 Å². The lowest BCUT2D eigenvalue weighted by Gasteiger charge is -2.29. The number of fused-ring (bicyclic) bond motifs is 1. The fraction of sp³-hybridized carbons (Fsp3) is 0.533. The third-order valence-corrected chi connectivity index (χ3v) is 4.65. The minimum absolute atomic E-state index is 0.0914. The summed E-state index contributed by atoms with van der Waals surface area (Å²) in [7, 11) is 0. The molecule has 2 unspecified atom stereocenters. The van der Waals surface area contributed by atoms with E-state index < -0.39 is 0 Å². The number of halogens is 1. The third-order valence-electron chi connectivity index (χ3n) is 4.30. The Balaban J connectivity index is 1.81. The molecule has 1 fully saturated rings. The quantitative estimate of drug-likeness (QED) is 0.859. The fourth-order valence-corrected chi connectivity index (χ4v) is 3.56. The van der Waals surface area contributed by atoms with Crippen LogP contribution in [-0.4, -0.2) is 18.5 Å². The van der Waals surface area contributed by atoms with Crippen molar-refractivity contribution >= 4 is 23.2 Å². The number of benzene rings is 1. The Bertz CT molecular complexity index is 503. The minimum Gasteiger partial charge on any atom is -0.328 e. The van der Waals surface area contributed by atoms with E-state index in [2.05, 4.69) is 0 Å². The first-order valence-corrected chi connectivity index (χ1v) is 7.39. The number of rotatable bonds is 1. The van der Waals surface area contributed by atoms with Crippen LogP contribution in [-0.2, 0) is 11.2 Å². The molecule has 1 aliphatic carbocycles. The van der Waals surface area contributed by atoms with Crippen LogP contribution < -0.4 is 10.6 Å². The van der Waals surface area contributed by atoms with E-state index in [1.807, 2.05) is 23.1 Å². The molecule has 2 aliphatic rings. The summed E-state index contributed by atoms with van der Waals surface area (Å²) in [6.07, 6.45) is 4.77. The molecule has 0 saturated heterocycles. The summed E-state index contributed by atoms with van der Waals surface area (Å²) in [5, 5.41) is 0.771. The number of hydrogen-bond donors (Lipinski definition) is 1. The van der Waals surface area contributed by atoms with E-state index in [0.717, 1.165) is 54.9 Å². The number of anilines is 1. The van der Waals surface area contributed by atoms with Gasteiger partial charge in [-0.25, -0.2) is 0 Å². The van der Waals surface area contributed by atoms with Crippen molar-refractivity contribution in [1.29, 1.82) is 0 Å². The summed E-state index contributed by atoms with van der Waals surface area (Å²) >= 11 is 6.19. The molecule has 3 rings (SSSR count). The van der Waals surface area contributed by atoms with E-state index >= 15 is 0 Å². The van der Waals surface area contributed by atoms with Crippen LogP contribution in [0.5, 0.6) is 0 Å². The van der Waals surface area contributed by atoms with Gasteiger partial charge in [0.05, 0.1) is 0 Å². The third kappa shape index (κ3) is 2.37. The van der Waals surface area contributed by atoms with Gasteiger partial charge in [-0.15, -0.1) is 0 Å². The summed E-state index contributed by atoms with van der Waals surface area (Å²) in [5.41, 5.74) is 8.09. The van der Waals surface area contributed by atoms with Gasteiger partial charge in [0.15, 0.2) is 0 Å². The number of carbonyl (C=O) groups excluding carboxylic acids is 1. The number of nitrogens with zero attached hydrogens (tertiary/aromatic N) is 1. The van der Waals surface area contributed by atoms with Gasteiger partial charge in [0.25, 0.3) is 0 Å². The molecular formula is C15H19ClN2O. The predicted octanol–water partition coefficient (Wildman–Crippen LogP) is 2.75. The van der Waals surface area contributed by atoms with Crippen LogP contribution in [0.25, 0.3) is 0 Å². The summed E-state index contributed by atoms with van der Waals surface area (Å²) in [5.74, 6) is 0.324. The first kappa shape index (κ1) is 12.9. The summed E-state index contributed by atoms with van der Waals surface area (Å²) in [4.78, 5) is 14.6. The van der Waals surface area contributed by atoms with Crippen molar-refractivity contribution in [2.75, 3.05) is 11.4 Å². The Labute approximate surface area is 118 Å². The lowest BCUT2D eigenvalue weighted by Crippen LogP contribution is -2.40. The fourth-order valence-electron chi connectivity index (χ4n) is 3.29. The molecule has 102 valence electrons. The molecule has 2 N–H and O–H groups in total. The van der Waals surface area contributed by atoms with E-state index in [1.165, 1.54) is 0 Å². The minimum atomic E-state index is 0.0914. The van der Waals surface area contributed by atoms with Crippen LogP contribution in [0.1, 0.15) is 31.2 Å². The molecule has 1 saturated carbocycles. The molecule has 0 radical (unpaired) electrons. The highest BCUT2D eigenvalue weighted by Gasteiger charge is 2.33. The average molecular weight is 279 g/mol.